The Labute approximate surface area is 132 Å². The number of carboxylic acid groups (broad SMARTS) is 1. The van der Waals surface area contributed by atoms with E-state index < -0.39 is 11.5 Å². The number of thiophene rings is 1. The van der Waals surface area contributed by atoms with Crippen LogP contribution in [0.1, 0.15) is 49.9 Å². The number of hydrogen-bond acceptors (Lipinski definition) is 4. The molecule has 7 heteroatoms. The van der Waals surface area contributed by atoms with Crippen LogP contribution in [0.4, 0.5) is 0 Å². The summed E-state index contributed by atoms with van der Waals surface area (Å²) in [5.74, 6) is -1.33. The largest absolute Gasteiger partial charge is 0.481 e. The number of hydrogen-bond donors (Lipinski definition) is 3. The Hall–Kier alpha value is -1.89. The third-order valence-electron chi connectivity index (χ3n) is 3.86. The van der Waals surface area contributed by atoms with E-state index in [4.69, 9.17) is 5.11 Å². The Morgan fingerprint density at radius 3 is 2.59 bits per heavy atom. The van der Waals surface area contributed by atoms with Gasteiger partial charge in [-0.05, 0) is 30.7 Å². The Morgan fingerprint density at radius 1 is 1.41 bits per heavy atom. The third kappa shape index (κ3) is 4.30. The Kier molecular flexibility index (Phi) is 5.18. The van der Waals surface area contributed by atoms with Crippen molar-refractivity contribution in [1.82, 2.24) is 10.6 Å². The molecule has 0 saturated heterocycles. The highest BCUT2D eigenvalue weighted by molar-refractivity contribution is 7.10. The van der Waals surface area contributed by atoms with Crippen molar-refractivity contribution in [3.8, 4) is 0 Å². The van der Waals surface area contributed by atoms with Gasteiger partial charge in [0.1, 0.15) is 0 Å². The second-order valence-electron chi connectivity index (χ2n) is 5.73. The van der Waals surface area contributed by atoms with Crippen LogP contribution in [0.2, 0.25) is 0 Å². The summed E-state index contributed by atoms with van der Waals surface area (Å²) in [6, 6.07) is 3.36. The first kappa shape index (κ1) is 16.5. The molecule has 1 fully saturated rings. The minimum absolute atomic E-state index is 0.0530. The zero-order chi connectivity index (χ0) is 16.2. The Balaban J connectivity index is 1.99. The van der Waals surface area contributed by atoms with Crippen molar-refractivity contribution in [2.75, 3.05) is 0 Å². The fourth-order valence-corrected chi connectivity index (χ4v) is 3.51. The molecule has 1 aliphatic rings. The first-order valence-corrected chi connectivity index (χ1v) is 8.11. The van der Waals surface area contributed by atoms with Gasteiger partial charge >= 0.3 is 5.97 Å². The van der Waals surface area contributed by atoms with Gasteiger partial charge in [-0.3, -0.25) is 14.4 Å². The van der Waals surface area contributed by atoms with Crippen LogP contribution in [0.5, 0.6) is 0 Å². The van der Waals surface area contributed by atoms with E-state index in [1.165, 1.54) is 18.3 Å². The molecule has 3 N–H and O–H groups in total. The number of nitrogens with one attached hydrogen (secondary N) is 2. The summed E-state index contributed by atoms with van der Waals surface area (Å²) in [7, 11) is 0. The molecule has 0 aromatic carbocycles. The van der Waals surface area contributed by atoms with Crippen LogP contribution in [-0.2, 0) is 14.4 Å². The van der Waals surface area contributed by atoms with Gasteiger partial charge < -0.3 is 15.7 Å². The zero-order valence-electron chi connectivity index (χ0n) is 12.4. The van der Waals surface area contributed by atoms with Gasteiger partial charge in [-0.2, -0.15) is 0 Å². The van der Waals surface area contributed by atoms with E-state index in [0.29, 0.717) is 12.8 Å². The van der Waals surface area contributed by atoms with Crippen molar-refractivity contribution in [2.45, 2.75) is 50.6 Å². The lowest BCUT2D eigenvalue weighted by Crippen LogP contribution is -2.55. The monoisotopic (exact) mass is 324 g/mol. The second-order valence-corrected chi connectivity index (χ2v) is 6.70. The lowest BCUT2D eigenvalue weighted by Gasteiger charge is -2.41. The molecule has 22 heavy (non-hydrogen) atoms. The fraction of sp³-hybridized carbons (Fsp3) is 0.533. The van der Waals surface area contributed by atoms with Gasteiger partial charge in [0.15, 0.2) is 0 Å². The molecule has 1 heterocycles. The molecule has 0 radical (unpaired) electrons. The molecule has 1 aliphatic carbocycles. The molecule has 1 aromatic rings. The van der Waals surface area contributed by atoms with Gasteiger partial charge in [0.25, 0.3) is 0 Å². The highest BCUT2D eigenvalue weighted by atomic mass is 32.1. The summed E-state index contributed by atoms with van der Waals surface area (Å²) >= 11 is 1.47. The van der Waals surface area contributed by atoms with Crippen molar-refractivity contribution in [3.05, 3.63) is 22.4 Å². The maximum atomic E-state index is 12.3. The first-order valence-electron chi connectivity index (χ1n) is 7.23. The molecule has 0 bridgehead atoms. The summed E-state index contributed by atoms with van der Waals surface area (Å²) in [5.41, 5.74) is -0.612. The zero-order valence-corrected chi connectivity index (χ0v) is 13.2. The number of amides is 2. The lowest BCUT2D eigenvalue weighted by atomic mass is 9.74. The second kappa shape index (κ2) is 6.91. The standard InChI is InChI=1S/C15H20N2O4S/c1-10(18)16-11(12-4-2-7-22-12)8-13(19)17-15(5-3-6-15)9-14(20)21/h2,4,7,11H,3,5-6,8-9H2,1H3,(H,16,18)(H,17,19)(H,20,21). The van der Waals surface area contributed by atoms with E-state index in [-0.39, 0.29) is 30.7 Å². The quantitative estimate of drug-likeness (QED) is 0.713. The summed E-state index contributed by atoms with van der Waals surface area (Å²) in [6.07, 6.45) is 2.36. The smallest absolute Gasteiger partial charge is 0.305 e. The van der Waals surface area contributed by atoms with Crippen LogP contribution in [-0.4, -0.2) is 28.4 Å². The highest BCUT2D eigenvalue weighted by Crippen LogP contribution is 2.35. The molecule has 0 spiro atoms. The van der Waals surface area contributed by atoms with Crippen LogP contribution in [0, 0.1) is 0 Å². The van der Waals surface area contributed by atoms with Crippen molar-refractivity contribution in [1.29, 1.82) is 0 Å². The average Bonchev–Trinajstić information content (AvgIpc) is 2.87. The Morgan fingerprint density at radius 2 is 2.14 bits per heavy atom. The summed E-state index contributed by atoms with van der Waals surface area (Å²) in [6.45, 7) is 1.41. The minimum Gasteiger partial charge on any atom is -0.481 e. The minimum atomic E-state index is -0.906. The summed E-state index contributed by atoms with van der Waals surface area (Å²) in [5, 5.41) is 16.5. The molecular weight excluding hydrogens is 304 g/mol. The summed E-state index contributed by atoms with van der Waals surface area (Å²) in [4.78, 5) is 35.4. The van der Waals surface area contributed by atoms with Crippen LogP contribution in [0.25, 0.3) is 0 Å². The van der Waals surface area contributed by atoms with Crippen molar-refractivity contribution in [3.63, 3.8) is 0 Å². The first-order chi connectivity index (χ1) is 10.4. The van der Waals surface area contributed by atoms with Crippen LogP contribution >= 0.6 is 11.3 Å². The van der Waals surface area contributed by atoms with Gasteiger partial charge in [-0.15, -0.1) is 11.3 Å². The molecule has 2 amide bonds. The molecular formula is C15H20N2O4S. The number of rotatable bonds is 7. The molecule has 2 rings (SSSR count). The molecule has 0 aliphatic heterocycles. The van der Waals surface area contributed by atoms with E-state index in [0.717, 1.165) is 11.3 Å². The maximum absolute atomic E-state index is 12.3. The van der Waals surface area contributed by atoms with Crippen LogP contribution < -0.4 is 10.6 Å². The lowest BCUT2D eigenvalue weighted by molar-refractivity contribution is -0.140. The highest BCUT2D eigenvalue weighted by Gasteiger charge is 2.40. The summed E-state index contributed by atoms with van der Waals surface area (Å²) < 4.78 is 0. The van der Waals surface area contributed by atoms with Gasteiger partial charge in [0, 0.05) is 11.8 Å². The van der Waals surface area contributed by atoms with Gasteiger partial charge in [0.05, 0.1) is 24.4 Å². The molecule has 1 unspecified atom stereocenters. The van der Waals surface area contributed by atoms with Gasteiger partial charge in [-0.25, -0.2) is 0 Å². The average molecular weight is 324 g/mol. The van der Waals surface area contributed by atoms with E-state index in [2.05, 4.69) is 10.6 Å². The van der Waals surface area contributed by atoms with E-state index in [1.807, 2.05) is 17.5 Å². The number of aliphatic carboxylic acids is 1. The van der Waals surface area contributed by atoms with E-state index in [9.17, 15) is 14.4 Å². The van der Waals surface area contributed by atoms with Crippen molar-refractivity contribution >= 4 is 29.1 Å². The molecule has 1 atom stereocenters. The number of carbonyl (C=O) groups is 3. The molecule has 1 saturated carbocycles. The van der Waals surface area contributed by atoms with Crippen molar-refractivity contribution in [2.24, 2.45) is 0 Å². The Bertz CT molecular complexity index is 552. The number of carbonyl (C=O) groups excluding carboxylic acids is 2. The number of carboxylic acids is 1. The normalized spacial score (nSPS) is 17.1. The predicted octanol–water partition coefficient (Wildman–Crippen LogP) is 1.83. The van der Waals surface area contributed by atoms with Crippen LogP contribution in [0.15, 0.2) is 17.5 Å². The van der Waals surface area contributed by atoms with Gasteiger partial charge in [-0.1, -0.05) is 6.07 Å². The van der Waals surface area contributed by atoms with E-state index >= 15 is 0 Å². The fourth-order valence-electron chi connectivity index (χ4n) is 2.73. The van der Waals surface area contributed by atoms with Crippen LogP contribution in [0.3, 0.4) is 0 Å². The molecule has 120 valence electrons. The SMILES string of the molecule is CC(=O)NC(CC(=O)NC1(CC(=O)O)CCC1)c1cccs1. The maximum Gasteiger partial charge on any atom is 0.305 e. The third-order valence-corrected chi connectivity index (χ3v) is 4.84. The van der Waals surface area contributed by atoms with E-state index in [1.54, 1.807) is 0 Å². The topological polar surface area (TPSA) is 95.5 Å². The molecule has 6 nitrogen and oxygen atoms in total. The van der Waals surface area contributed by atoms with Crippen molar-refractivity contribution < 1.29 is 19.5 Å². The predicted molar refractivity (Wildman–Crippen MR) is 82.5 cm³/mol. The molecule has 1 aromatic heterocycles. The van der Waals surface area contributed by atoms with Gasteiger partial charge in [0.2, 0.25) is 11.8 Å².